The Balaban J connectivity index is 1.54. The van der Waals surface area contributed by atoms with Gasteiger partial charge in [-0.15, -0.1) is 0 Å². The first-order chi connectivity index (χ1) is 14.7. The summed E-state index contributed by atoms with van der Waals surface area (Å²) >= 11 is 0. The van der Waals surface area contributed by atoms with Crippen LogP contribution in [0.4, 0.5) is 0 Å². The standard InChI is InChI=1S/C23H34N2O5S/c1-16-5-4-6-20(17(16)2)25(14-18-7-8-21-22(13-18)30-15-29-21)23(26)19-9-11-24(12-10-19)31(3,27)28/h7-8,13,16-17,19-20H,4-6,9-12,14-15H2,1-3H3. The molecule has 2 aliphatic heterocycles. The number of amides is 1. The zero-order chi connectivity index (χ0) is 22.2. The van der Waals surface area contributed by atoms with E-state index in [2.05, 4.69) is 18.7 Å². The highest BCUT2D eigenvalue weighted by atomic mass is 32.2. The zero-order valence-electron chi connectivity index (χ0n) is 18.7. The molecule has 2 fully saturated rings. The van der Waals surface area contributed by atoms with Gasteiger partial charge in [0.2, 0.25) is 22.7 Å². The maximum Gasteiger partial charge on any atom is 0.231 e. The van der Waals surface area contributed by atoms with Gasteiger partial charge in [-0.25, -0.2) is 12.7 Å². The predicted octanol–water partition coefficient (Wildman–Crippen LogP) is 3.24. The molecule has 1 aromatic rings. The van der Waals surface area contributed by atoms with Crippen LogP contribution in [-0.2, 0) is 21.4 Å². The normalized spacial score (nSPS) is 27.3. The summed E-state index contributed by atoms with van der Waals surface area (Å²) in [7, 11) is -3.20. The highest BCUT2D eigenvalue weighted by molar-refractivity contribution is 7.88. The number of ether oxygens (including phenoxy) is 2. The Labute approximate surface area is 185 Å². The fourth-order valence-electron chi connectivity index (χ4n) is 5.26. The Morgan fingerprint density at radius 1 is 1.10 bits per heavy atom. The summed E-state index contributed by atoms with van der Waals surface area (Å²) in [6.07, 6.45) is 5.76. The second-order valence-electron chi connectivity index (χ2n) is 9.42. The Hall–Kier alpha value is -1.80. The van der Waals surface area contributed by atoms with Crippen molar-refractivity contribution >= 4 is 15.9 Å². The van der Waals surface area contributed by atoms with Gasteiger partial charge in [0.05, 0.1) is 6.26 Å². The van der Waals surface area contributed by atoms with Crippen molar-refractivity contribution < 1.29 is 22.7 Å². The molecular formula is C23H34N2O5S. The summed E-state index contributed by atoms with van der Waals surface area (Å²) in [5, 5.41) is 0. The summed E-state index contributed by atoms with van der Waals surface area (Å²) in [6, 6.07) is 6.11. The molecule has 0 bridgehead atoms. The van der Waals surface area contributed by atoms with Gasteiger partial charge in [0.1, 0.15) is 0 Å². The summed E-state index contributed by atoms with van der Waals surface area (Å²) in [4.78, 5) is 15.8. The van der Waals surface area contributed by atoms with Crippen molar-refractivity contribution in [3.8, 4) is 11.5 Å². The fourth-order valence-corrected chi connectivity index (χ4v) is 6.13. The SMILES string of the molecule is CC1CCCC(N(Cc2ccc3c(c2)OCO3)C(=O)C2CCN(S(C)(=O)=O)CC2)C1C. The molecule has 8 heteroatoms. The molecule has 1 aromatic carbocycles. The van der Waals surface area contributed by atoms with Crippen LogP contribution in [0.3, 0.4) is 0 Å². The van der Waals surface area contributed by atoms with Crippen molar-refractivity contribution in [3.63, 3.8) is 0 Å². The first-order valence-corrected chi connectivity index (χ1v) is 13.2. The molecule has 3 unspecified atom stereocenters. The third kappa shape index (κ3) is 4.85. The van der Waals surface area contributed by atoms with Crippen LogP contribution in [0.2, 0.25) is 0 Å². The summed E-state index contributed by atoms with van der Waals surface area (Å²) in [5.41, 5.74) is 1.04. The lowest BCUT2D eigenvalue weighted by molar-refractivity contribution is -0.142. The number of benzene rings is 1. The monoisotopic (exact) mass is 450 g/mol. The highest BCUT2D eigenvalue weighted by Gasteiger charge is 2.38. The first-order valence-electron chi connectivity index (χ1n) is 11.4. The Bertz CT molecular complexity index is 911. The lowest BCUT2D eigenvalue weighted by atomic mass is 9.76. The molecule has 0 radical (unpaired) electrons. The number of carbonyl (C=O) groups is 1. The van der Waals surface area contributed by atoms with Crippen molar-refractivity contribution in [1.29, 1.82) is 0 Å². The molecule has 1 saturated heterocycles. The Morgan fingerprint density at radius 2 is 1.81 bits per heavy atom. The number of hydrogen-bond acceptors (Lipinski definition) is 5. The molecule has 0 N–H and O–H groups in total. The molecule has 3 atom stereocenters. The van der Waals surface area contributed by atoms with Gasteiger partial charge in [-0.3, -0.25) is 4.79 Å². The molecule has 1 aliphatic carbocycles. The van der Waals surface area contributed by atoms with Crippen LogP contribution in [0.5, 0.6) is 11.5 Å². The van der Waals surface area contributed by atoms with E-state index in [1.54, 1.807) is 0 Å². The molecule has 4 rings (SSSR count). The molecule has 172 valence electrons. The maximum absolute atomic E-state index is 13.7. The van der Waals surface area contributed by atoms with Crippen LogP contribution in [0.1, 0.15) is 51.5 Å². The van der Waals surface area contributed by atoms with Gasteiger partial charge in [0, 0.05) is 31.6 Å². The van der Waals surface area contributed by atoms with Crippen molar-refractivity contribution in [2.24, 2.45) is 17.8 Å². The molecule has 0 spiro atoms. The zero-order valence-corrected chi connectivity index (χ0v) is 19.6. The Kier molecular flexibility index (Phi) is 6.49. The lowest BCUT2D eigenvalue weighted by Crippen LogP contribution is -2.50. The largest absolute Gasteiger partial charge is 0.454 e. The van der Waals surface area contributed by atoms with Crippen LogP contribution >= 0.6 is 0 Å². The second-order valence-corrected chi connectivity index (χ2v) is 11.4. The van der Waals surface area contributed by atoms with Gasteiger partial charge in [0.25, 0.3) is 0 Å². The molecule has 3 aliphatic rings. The average molecular weight is 451 g/mol. The summed E-state index contributed by atoms with van der Waals surface area (Å²) in [6.45, 7) is 6.17. The first kappa shape index (κ1) is 22.4. The number of sulfonamides is 1. The molecule has 0 aromatic heterocycles. The molecule has 7 nitrogen and oxygen atoms in total. The average Bonchev–Trinajstić information content (AvgIpc) is 3.21. The van der Waals surface area contributed by atoms with Crippen molar-refractivity contribution in [2.45, 2.75) is 58.5 Å². The van der Waals surface area contributed by atoms with E-state index >= 15 is 0 Å². The van der Waals surface area contributed by atoms with Gasteiger partial charge >= 0.3 is 0 Å². The van der Waals surface area contributed by atoms with Gasteiger partial charge in [-0.05, 0) is 48.8 Å². The lowest BCUT2D eigenvalue weighted by Gasteiger charge is -2.43. The number of carbonyl (C=O) groups excluding carboxylic acids is 1. The topological polar surface area (TPSA) is 76.2 Å². The van der Waals surface area contributed by atoms with Gasteiger partial charge in [-0.1, -0.05) is 32.8 Å². The number of nitrogens with zero attached hydrogens (tertiary/aromatic N) is 2. The van der Waals surface area contributed by atoms with E-state index in [0.29, 0.717) is 44.3 Å². The molecular weight excluding hydrogens is 416 g/mol. The minimum absolute atomic E-state index is 0.128. The van der Waals surface area contributed by atoms with Crippen LogP contribution in [0, 0.1) is 17.8 Å². The van der Waals surface area contributed by atoms with Gasteiger partial charge < -0.3 is 14.4 Å². The van der Waals surface area contributed by atoms with E-state index in [-0.39, 0.29) is 24.7 Å². The van der Waals surface area contributed by atoms with Crippen molar-refractivity contribution in [2.75, 3.05) is 26.1 Å². The van der Waals surface area contributed by atoms with Crippen LogP contribution in [-0.4, -0.2) is 55.7 Å². The minimum atomic E-state index is -3.20. The van der Waals surface area contributed by atoms with Crippen molar-refractivity contribution in [1.82, 2.24) is 9.21 Å². The third-order valence-electron chi connectivity index (χ3n) is 7.41. The number of fused-ring (bicyclic) bond motifs is 1. The highest BCUT2D eigenvalue weighted by Crippen LogP contribution is 2.37. The summed E-state index contributed by atoms with van der Waals surface area (Å²) in [5.74, 6) is 2.53. The second kappa shape index (κ2) is 8.98. The molecule has 1 saturated carbocycles. The van der Waals surface area contributed by atoms with E-state index in [1.807, 2.05) is 18.2 Å². The van der Waals surface area contributed by atoms with Crippen LogP contribution in [0.25, 0.3) is 0 Å². The van der Waals surface area contributed by atoms with Gasteiger partial charge in [0.15, 0.2) is 11.5 Å². The van der Waals surface area contributed by atoms with Crippen LogP contribution in [0.15, 0.2) is 18.2 Å². The molecule has 31 heavy (non-hydrogen) atoms. The fraction of sp³-hybridized carbons (Fsp3) is 0.696. The van der Waals surface area contributed by atoms with E-state index in [1.165, 1.54) is 17.0 Å². The van der Waals surface area contributed by atoms with Gasteiger partial charge in [-0.2, -0.15) is 0 Å². The Morgan fingerprint density at radius 3 is 2.52 bits per heavy atom. The van der Waals surface area contributed by atoms with E-state index in [4.69, 9.17) is 9.47 Å². The van der Waals surface area contributed by atoms with E-state index in [9.17, 15) is 13.2 Å². The maximum atomic E-state index is 13.7. The number of piperidine rings is 1. The van der Waals surface area contributed by atoms with Crippen molar-refractivity contribution in [3.05, 3.63) is 23.8 Å². The molecule has 2 heterocycles. The van der Waals surface area contributed by atoms with E-state index in [0.717, 1.165) is 29.9 Å². The number of rotatable bonds is 5. The minimum Gasteiger partial charge on any atom is -0.454 e. The number of hydrogen-bond donors (Lipinski definition) is 0. The predicted molar refractivity (Wildman–Crippen MR) is 118 cm³/mol. The quantitative estimate of drug-likeness (QED) is 0.688. The van der Waals surface area contributed by atoms with Crippen LogP contribution < -0.4 is 9.47 Å². The third-order valence-corrected chi connectivity index (χ3v) is 8.71. The summed E-state index contributed by atoms with van der Waals surface area (Å²) < 4.78 is 36.2. The smallest absolute Gasteiger partial charge is 0.231 e. The van der Waals surface area contributed by atoms with E-state index < -0.39 is 10.0 Å². The molecule has 1 amide bonds.